The maximum atomic E-state index is 13.3. The zero-order chi connectivity index (χ0) is 21.1. The number of urea groups is 1. The molecule has 3 heterocycles. The molecule has 1 aliphatic heterocycles. The highest BCUT2D eigenvalue weighted by atomic mass is 16.6. The van der Waals surface area contributed by atoms with Gasteiger partial charge in [0.1, 0.15) is 0 Å². The number of rotatable bonds is 3. The normalized spacial score (nSPS) is 16.8. The Kier molecular flexibility index (Phi) is 5.56. The van der Waals surface area contributed by atoms with Crippen LogP contribution in [-0.4, -0.2) is 32.4 Å². The number of aromatic nitrogens is 2. The Morgan fingerprint density at radius 1 is 1.17 bits per heavy atom. The highest BCUT2D eigenvalue weighted by molar-refractivity contribution is 6.01. The number of nitro benzene ring substituents is 1. The van der Waals surface area contributed by atoms with E-state index in [-0.39, 0.29) is 17.8 Å². The predicted molar refractivity (Wildman–Crippen MR) is 114 cm³/mol. The summed E-state index contributed by atoms with van der Waals surface area (Å²) in [5, 5.41) is 14.8. The van der Waals surface area contributed by atoms with Crippen LogP contribution >= 0.6 is 0 Å². The molecule has 4 rings (SSSR count). The van der Waals surface area contributed by atoms with Crippen molar-refractivity contribution in [2.75, 3.05) is 11.9 Å². The fourth-order valence-corrected chi connectivity index (χ4v) is 4.03. The number of nitro groups is 1. The van der Waals surface area contributed by atoms with E-state index in [0.717, 1.165) is 36.9 Å². The summed E-state index contributed by atoms with van der Waals surface area (Å²) in [6.45, 7) is 2.49. The predicted octanol–water partition coefficient (Wildman–Crippen LogP) is 5.00. The summed E-state index contributed by atoms with van der Waals surface area (Å²) in [5.74, 6) is 0. The van der Waals surface area contributed by atoms with Gasteiger partial charge < -0.3 is 10.2 Å². The number of anilines is 1. The number of pyridine rings is 2. The van der Waals surface area contributed by atoms with Gasteiger partial charge in [-0.15, -0.1) is 0 Å². The lowest BCUT2D eigenvalue weighted by Crippen LogP contribution is -2.38. The van der Waals surface area contributed by atoms with Crippen molar-refractivity contribution < 1.29 is 9.72 Å². The highest BCUT2D eigenvalue weighted by Gasteiger charge is 2.27. The zero-order valence-electron chi connectivity index (χ0n) is 16.7. The first-order chi connectivity index (χ1) is 14.5. The van der Waals surface area contributed by atoms with Crippen molar-refractivity contribution in [3.63, 3.8) is 0 Å². The van der Waals surface area contributed by atoms with Gasteiger partial charge in [-0.2, -0.15) is 0 Å². The van der Waals surface area contributed by atoms with E-state index in [9.17, 15) is 14.9 Å². The minimum atomic E-state index is -0.445. The number of nitrogens with one attached hydrogen (secondary N) is 1. The van der Waals surface area contributed by atoms with Gasteiger partial charge in [-0.25, -0.2) is 4.79 Å². The molecule has 0 spiro atoms. The first kappa shape index (κ1) is 19.8. The third-order valence-electron chi connectivity index (χ3n) is 5.48. The summed E-state index contributed by atoms with van der Waals surface area (Å²) in [6, 6.07) is 9.91. The molecule has 1 saturated heterocycles. The number of hydrogen-bond acceptors (Lipinski definition) is 5. The van der Waals surface area contributed by atoms with Crippen molar-refractivity contribution in [3.8, 4) is 0 Å². The molecule has 0 radical (unpaired) electrons. The number of non-ortho nitro benzene ring substituents is 1. The molecule has 8 heteroatoms. The monoisotopic (exact) mass is 405 g/mol. The summed E-state index contributed by atoms with van der Waals surface area (Å²) in [6.07, 6.45) is 7.45. The second-order valence-electron chi connectivity index (χ2n) is 7.54. The number of fused-ring (bicyclic) bond motifs is 1. The van der Waals surface area contributed by atoms with Gasteiger partial charge in [0.15, 0.2) is 0 Å². The van der Waals surface area contributed by atoms with E-state index >= 15 is 0 Å². The molecular weight excluding hydrogens is 382 g/mol. The van der Waals surface area contributed by atoms with Gasteiger partial charge >= 0.3 is 6.03 Å². The number of amides is 2. The number of benzene rings is 1. The number of carbonyl (C=O) groups is 1. The lowest BCUT2D eigenvalue weighted by atomic mass is 10.0. The first-order valence-corrected chi connectivity index (χ1v) is 10.1. The summed E-state index contributed by atoms with van der Waals surface area (Å²) < 4.78 is 0. The lowest BCUT2D eigenvalue weighted by molar-refractivity contribution is -0.384. The fraction of sp³-hybridized carbons (Fsp3) is 0.318. The lowest BCUT2D eigenvalue weighted by Gasteiger charge is -2.30. The molecule has 1 aliphatic rings. The minimum absolute atomic E-state index is 0.0287. The molecule has 1 fully saturated rings. The summed E-state index contributed by atoms with van der Waals surface area (Å²) in [7, 11) is 0. The van der Waals surface area contributed by atoms with Crippen LogP contribution in [0.2, 0.25) is 0 Å². The van der Waals surface area contributed by atoms with Gasteiger partial charge in [-0.1, -0.05) is 12.8 Å². The fourth-order valence-electron chi connectivity index (χ4n) is 4.03. The molecule has 0 aliphatic carbocycles. The Morgan fingerprint density at radius 2 is 1.97 bits per heavy atom. The maximum Gasteiger partial charge on any atom is 0.322 e. The van der Waals surface area contributed by atoms with Crippen LogP contribution in [0.15, 0.2) is 48.8 Å². The molecule has 154 valence electrons. The van der Waals surface area contributed by atoms with Crippen molar-refractivity contribution in [2.45, 2.75) is 38.6 Å². The summed E-state index contributed by atoms with van der Waals surface area (Å²) in [4.78, 5) is 34.5. The van der Waals surface area contributed by atoms with Crippen molar-refractivity contribution in [3.05, 3.63) is 70.2 Å². The van der Waals surface area contributed by atoms with Crippen LogP contribution in [0, 0.1) is 17.0 Å². The third kappa shape index (κ3) is 4.07. The van der Waals surface area contributed by atoms with Crippen LogP contribution in [0.1, 0.15) is 43.0 Å². The van der Waals surface area contributed by atoms with E-state index in [1.54, 1.807) is 24.5 Å². The van der Waals surface area contributed by atoms with E-state index in [2.05, 4.69) is 15.3 Å². The van der Waals surface area contributed by atoms with E-state index in [0.29, 0.717) is 23.1 Å². The molecule has 1 N–H and O–H groups in total. The van der Waals surface area contributed by atoms with Gasteiger partial charge in [-0.3, -0.25) is 20.1 Å². The Bertz CT molecular complexity index is 1090. The van der Waals surface area contributed by atoms with Gasteiger partial charge in [0.2, 0.25) is 0 Å². The van der Waals surface area contributed by atoms with Crippen molar-refractivity contribution >= 4 is 28.3 Å². The quantitative estimate of drug-likeness (QED) is 0.488. The Morgan fingerprint density at radius 3 is 2.73 bits per heavy atom. The molecule has 2 aromatic heterocycles. The number of carbonyl (C=O) groups excluding carboxylic acids is 1. The molecule has 2 amide bonds. The summed E-state index contributed by atoms with van der Waals surface area (Å²) >= 11 is 0. The van der Waals surface area contributed by atoms with Crippen molar-refractivity contribution in [1.82, 2.24) is 14.9 Å². The number of nitrogens with zero attached hydrogens (tertiary/aromatic N) is 4. The topological polar surface area (TPSA) is 101 Å². The maximum absolute atomic E-state index is 13.3. The van der Waals surface area contributed by atoms with Crippen LogP contribution in [0.5, 0.6) is 0 Å². The molecule has 0 saturated carbocycles. The molecule has 30 heavy (non-hydrogen) atoms. The molecular formula is C22H23N5O3. The van der Waals surface area contributed by atoms with Gasteiger partial charge in [0.05, 0.1) is 22.2 Å². The van der Waals surface area contributed by atoms with Gasteiger partial charge in [0, 0.05) is 42.2 Å². The Hall–Kier alpha value is -3.55. The second-order valence-corrected chi connectivity index (χ2v) is 7.54. The number of hydrogen-bond donors (Lipinski definition) is 1. The highest BCUT2D eigenvalue weighted by Crippen LogP contribution is 2.32. The van der Waals surface area contributed by atoms with Crippen LogP contribution in [0.25, 0.3) is 10.9 Å². The third-order valence-corrected chi connectivity index (χ3v) is 5.48. The standard InChI is InChI=1S/C22H23N5O3/c1-15-13-20(18-14-17(27(29)30)6-7-19(18)24-15)25-22(28)26-12-4-2-3-5-21(26)16-8-10-23-11-9-16/h6-11,13-14,21H,2-5,12H2,1H3,(H,24,25,28). The number of aryl methyl sites for hydroxylation is 1. The average Bonchev–Trinajstić information content (AvgIpc) is 3.00. The SMILES string of the molecule is Cc1cc(NC(=O)N2CCCCCC2c2ccncc2)c2cc([N+](=O)[O-])ccc2n1. The first-order valence-electron chi connectivity index (χ1n) is 10.1. The average molecular weight is 405 g/mol. The van der Waals surface area contributed by atoms with E-state index in [1.165, 1.54) is 12.1 Å². The zero-order valence-corrected chi connectivity index (χ0v) is 16.7. The molecule has 1 unspecified atom stereocenters. The van der Waals surface area contributed by atoms with Crippen molar-refractivity contribution in [2.24, 2.45) is 0 Å². The van der Waals surface area contributed by atoms with Crippen LogP contribution < -0.4 is 5.32 Å². The van der Waals surface area contributed by atoms with E-state index in [1.807, 2.05) is 24.0 Å². The van der Waals surface area contributed by atoms with Crippen LogP contribution in [0.3, 0.4) is 0 Å². The molecule has 8 nitrogen and oxygen atoms in total. The van der Waals surface area contributed by atoms with Gasteiger partial charge in [-0.05, 0) is 49.6 Å². The largest absolute Gasteiger partial charge is 0.322 e. The van der Waals surface area contributed by atoms with Crippen LogP contribution in [-0.2, 0) is 0 Å². The smallest absolute Gasteiger partial charge is 0.317 e. The molecule has 1 aromatic carbocycles. The van der Waals surface area contributed by atoms with E-state index in [4.69, 9.17) is 0 Å². The molecule has 0 bridgehead atoms. The van der Waals surface area contributed by atoms with Crippen LogP contribution in [0.4, 0.5) is 16.2 Å². The van der Waals surface area contributed by atoms with Gasteiger partial charge in [0.25, 0.3) is 5.69 Å². The number of likely N-dealkylation sites (tertiary alicyclic amines) is 1. The second kappa shape index (κ2) is 8.44. The summed E-state index contributed by atoms with van der Waals surface area (Å²) in [5.41, 5.74) is 2.90. The molecule has 1 atom stereocenters. The Balaban J connectivity index is 1.68. The minimum Gasteiger partial charge on any atom is -0.317 e. The Labute approximate surface area is 174 Å². The van der Waals surface area contributed by atoms with E-state index < -0.39 is 4.92 Å². The molecule has 3 aromatic rings. The van der Waals surface area contributed by atoms with Crippen molar-refractivity contribution in [1.29, 1.82) is 0 Å².